The zero-order valence-electron chi connectivity index (χ0n) is 12.0. The van der Waals surface area contributed by atoms with E-state index in [1.165, 1.54) is 16.9 Å². The Morgan fingerprint density at radius 2 is 2.14 bits per heavy atom. The molecule has 5 nitrogen and oxygen atoms in total. The van der Waals surface area contributed by atoms with Gasteiger partial charge in [0.2, 0.25) is 11.0 Å². The standard InChI is InChI=1S/C15H18N4OS/c1-2-16-15-18-17-13(21-15)10-19-12-8-4-3-6-11(12)7-5-9-14(19)20/h3-4,6,8H,2,5,7,9-10H2,1H3,(H,16,18). The zero-order chi connectivity index (χ0) is 14.7. The summed E-state index contributed by atoms with van der Waals surface area (Å²) in [6.07, 6.45) is 2.45. The predicted molar refractivity (Wildman–Crippen MR) is 84.6 cm³/mol. The van der Waals surface area contributed by atoms with E-state index in [2.05, 4.69) is 21.6 Å². The number of hydrogen-bond donors (Lipinski definition) is 1. The molecule has 1 aromatic heterocycles. The molecule has 21 heavy (non-hydrogen) atoms. The van der Waals surface area contributed by atoms with Crippen LogP contribution in [0.25, 0.3) is 0 Å². The summed E-state index contributed by atoms with van der Waals surface area (Å²) in [6, 6.07) is 8.13. The van der Waals surface area contributed by atoms with Crippen molar-refractivity contribution < 1.29 is 4.79 Å². The summed E-state index contributed by atoms with van der Waals surface area (Å²) < 4.78 is 0. The van der Waals surface area contributed by atoms with Gasteiger partial charge in [0.25, 0.3) is 0 Å². The van der Waals surface area contributed by atoms with Gasteiger partial charge in [0.15, 0.2) is 0 Å². The van der Waals surface area contributed by atoms with Gasteiger partial charge in [-0.3, -0.25) is 4.79 Å². The molecule has 3 rings (SSSR count). The fourth-order valence-electron chi connectivity index (χ4n) is 2.53. The van der Waals surface area contributed by atoms with Crippen LogP contribution >= 0.6 is 11.3 Å². The molecule has 0 radical (unpaired) electrons. The summed E-state index contributed by atoms with van der Waals surface area (Å²) in [5.74, 6) is 0.167. The second-order valence-corrected chi connectivity index (χ2v) is 6.06. The van der Waals surface area contributed by atoms with Gasteiger partial charge in [0.05, 0.1) is 6.54 Å². The van der Waals surface area contributed by atoms with Crippen LogP contribution in [0.5, 0.6) is 0 Å². The van der Waals surface area contributed by atoms with E-state index in [4.69, 9.17) is 0 Å². The van der Waals surface area contributed by atoms with Crippen LogP contribution in [0.3, 0.4) is 0 Å². The van der Waals surface area contributed by atoms with Gasteiger partial charge in [-0.25, -0.2) is 0 Å². The maximum Gasteiger partial charge on any atom is 0.227 e. The number of rotatable bonds is 4. The Morgan fingerprint density at radius 3 is 3.00 bits per heavy atom. The first-order valence-corrected chi connectivity index (χ1v) is 8.04. The quantitative estimate of drug-likeness (QED) is 0.943. The van der Waals surface area contributed by atoms with Crippen LogP contribution in [0, 0.1) is 0 Å². The molecule has 2 heterocycles. The van der Waals surface area contributed by atoms with Gasteiger partial charge in [0.1, 0.15) is 5.01 Å². The van der Waals surface area contributed by atoms with E-state index in [1.54, 1.807) is 0 Å². The number of benzene rings is 1. The molecule has 0 spiro atoms. The van der Waals surface area contributed by atoms with E-state index in [1.807, 2.05) is 30.0 Å². The van der Waals surface area contributed by atoms with Gasteiger partial charge in [-0.15, -0.1) is 10.2 Å². The molecule has 0 aliphatic carbocycles. The Bertz CT molecular complexity index is 640. The van der Waals surface area contributed by atoms with Crippen molar-refractivity contribution in [3.8, 4) is 0 Å². The normalized spacial score (nSPS) is 14.7. The first-order valence-electron chi connectivity index (χ1n) is 7.22. The molecule has 0 atom stereocenters. The molecule has 0 saturated carbocycles. The molecule has 0 bridgehead atoms. The molecule has 1 aliphatic rings. The van der Waals surface area contributed by atoms with Gasteiger partial charge >= 0.3 is 0 Å². The van der Waals surface area contributed by atoms with Gasteiger partial charge in [0, 0.05) is 18.7 Å². The van der Waals surface area contributed by atoms with Crippen molar-refractivity contribution in [2.75, 3.05) is 16.8 Å². The lowest BCUT2D eigenvalue weighted by molar-refractivity contribution is -0.118. The molecule has 6 heteroatoms. The molecule has 1 N–H and O–H groups in total. The Labute approximate surface area is 128 Å². The SMILES string of the molecule is CCNc1nnc(CN2C(=O)CCCc3ccccc32)s1. The van der Waals surface area contributed by atoms with E-state index in [0.717, 1.165) is 35.2 Å². The fourth-order valence-corrected chi connectivity index (χ4v) is 3.33. The van der Waals surface area contributed by atoms with Crippen LogP contribution in [0.1, 0.15) is 30.3 Å². The summed E-state index contributed by atoms with van der Waals surface area (Å²) in [7, 11) is 0. The summed E-state index contributed by atoms with van der Waals surface area (Å²) in [5.41, 5.74) is 2.25. The third-order valence-electron chi connectivity index (χ3n) is 3.51. The highest BCUT2D eigenvalue weighted by Gasteiger charge is 2.23. The maximum atomic E-state index is 12.4. The summed E-state index contributed by atoms with van der Waals surface area (Å²) in [4.78, 5) is 14.2. The molecule has 1 amide bonds. The predicted octanol–water partition coefficient (Wildman–Crippen LogP) is 2.84. The number of carbonyl (C=O) groups excluding carboxylic acids is 1. The van der Waals surface area contributed by atoms with E-state index in [0.29, 0.717) is 13.0 Å². The smallest absolute Gasteiger partial charge is 0.227 e. The van der Waals surface area contributed by atoms with Gasteiger partial charge in [-0.05, 0) is 31.4 Å². The fraction of sp³-hybridized carbons (Fsp3) is 0.400. The van der Waals surface area contributed by atoms with Gasteiger partial charge in [-0.2, -0.15) is 0 Å². The van der Waals surface area contributed by atoms with Crippen molar-refractivity contribution in [1.29, 1.82) is 0 Å². The van der Waals surface area contributed by atoms with Crippen molar-refractivity contribution in [2.24, 2.45) is 0 Å². The highest BCUT2D eigenvalue weighted by molar-refractivity contribution is 7.15. The third-order valence-corrected chi connectivity index (χ3v) is 4.37. The minimum atomic E-state index is 0.167. The number of nitrogens with zero attached hydrogens (tertiary/aromatic N) is 3. The van der Waals surface area contributed by atoms with Crippen LogP contribution in [-0.2, 0) is 17.8 Å². The van der Waals surface area contributed by atoms with Crippen molar-refractivity contribution in [3.05, 3.63) is 34.8 Å². The number of para-hydroxylation sites is 1. The minimum absolute atomic E-state index is 0.167. The number of anilines is 2. The summed E-state index contributed by atoms with van der Waals surface area (Å²) in [6.45, 7) is 3.34. The second kappa shape index (κ2) is 6.22. The average molecular weight is 302 g/mol. The maximum absolute atomic E-state index is 12.4. The zero-order valence-corrected chi connectivity index (χ0v) is 12.8. The number of aryl methyl sites for hydroxylation is 1. The molecule has 0 unspecified atom stereocenters. The molecule has 1 aromatic carbocycles. The first kappa shape index (κ1) is 14.0. The number of hydrogen-bond acceptors (Lipinski definition) is 5. The lowest BCUT2D eigenvalue weighted by Crippen LogP contribution is -2.29. The number of amides is 1. The van der Waals surface area contributed by atoms with Crippen LogP contribution in [-0.4, -0.2) is 22.6 Å². The highest BCUT2D eigenvalue weighted by Crippen LogP contribution is 2.29. The molecule has 110 valence electrons. The molecule has 2 aromatic rings. The molecular formula is C15H18N4OS. The third kappa shape index (κ3) is 3.05. The van der Waals surface area contributed by atoms with E-state index < -0.39 is 0 Å². The van der Waals surface area contributed by atoms with Crippen LogP contribution < -0.4 is 10.2 Å². The monoisotopic (exact) mass is 302 g/mol. The Balaban J connectivity index is 1.86. The Hall–Kier alpha value is -1.95. The molecule has 0 fully saturated rings. The first-order chi connectivity index (χ1) is 10.3. The molecular weight excluding hydrogens is 284 g/mol. The molecule has 0 saturated heterocycles. The van der Waals surface area contributed by atoms with E-state index in [-0.39, 0.29) is 5.91 Å². The number of fused-ring (bicyclic) bond motifs is 1. The lowest BCUT2D eigenvalue weighted by atomic mass is 10.1. The van der Waals surface area contributed by atoms with Crippen molar-refractivity contribution in [3.63, 3.8) is 0 Å². The average Bonchev–Trinajstić information content (AvgIpc) is 2.86. The molecule has 1 aliphatic heterocycles. The van der Waals surface area contributed by atoms with Crippen molar-refractivity contribution >= 4 is 28.1 Å². The van der Waals surface area contributed by atoms with Crippen LogP contribution in [0.4, 0.5) is 10.8 Å². The van der Waals surface area contributed by atoms with E-state index in [9.17, 15) is 4.79 Å². The van der Waals surface area contributed by atoms with Gasteiger partial charge in [-0.1, -0.05) is 29.5 Å². The van der Waals surface area contributed by atoms with Crippen LogP contribution in [0.2, 0.25) is 0 Å². The number of aromatic nitrogens is 2. The second-order valence-electron chi connectivity index (χ2n) is 4.99. The number of nitrogens with one attached hydrogen (secondary N) is 1. The summed E-state index contributed by atoms with van der Waals surface area (Å²) in [5, 5.41) is 13.1. The van der Waals surface area contributed by atoms with Crippen LogP contribution in [0.15, 0.2) is 24.3 Å². The summed E-state index contributed by atoms with van der Waals surface area (Å²) >= 11 is 1.51. The largest absolute Gasteiger partial charge is 0.360 e. The Morgan fingerprint density at radius 1 is 1.29 bits per heavy atom. The van der Waals surface area contributed by atoms with Gasteiger partial charge < -0.3 is 10.2 Å². The topological polar surface area (TPSA) is 58.1 Å². The highest BCUT2D eigenvalue weighted by atomic mass is 32.1. The number of carbonyl (C=O) groups is 1. The minimum Gasteiger partial charge on any atom is -0.360 e. The lowest BCUT2D eigenvalue weighted by Gasteiger charge is -2.21. The Kier molecular flexibility index (Phi) is 4.15. The van der Waals surface area contributed by atoms with Crippen molar-refractivity contribution in [1.82, 2.24) is 10.2 Å². The van der Waals surface area contributed by atoms with Crippen molar-refractivity contribution in [2.45, 2.75) is 32.7 Å². The van der Waals surface area contributed by atoms with E-state index >= 15 is 0 Å².